The molecule has 31 heavy (non-hydrogen) atoms. The molecule has 7 nitrogen and oxygen atoms in total. The quantitative estimate of drug-likeness (QED) is 0.687. The first-order chi connectivity index (χ1) is 14.4. The summed E-state index contributed by atoms with van der Waals surface area (Å²) in [5, 5.41) is 0. The number of carbonyl (C=O) groups excluding carboxylic acids is 2. The van der Waals surface area contributed by atoms with E-state index in [2.05, 4.69) is 9.97 Å². The lowest BCUT2D eigenvalue weighted by atomic mass is 10.0. The second kappa shape index (κ2) is 8.60. The Morgan fingerprint density at radius 1 is 1.23 bits per heavy atom. The number of piperidine rings is 1. The molecule has 13 heteroatoms. The Morgan fingerprint density at radius 2 is 1.94 bits per heavy atom. The molecule has 2 amide bonds. The molecular weight excluding hydrogens is 432 g/mol. The van der Waals surface area contributed by atoms with Crippen molar-refractivity contribution in [1.29, 1.82) is 0 Å². The molecule has 1 aromatic heterocycles. The van der Waals surface area contributed by atoms with Crippen LogP contribution in [0.1, 0.15) is 42.0 Å². The summed E-state index contributed by atoms with van der Waals surface area (Å²) >= 11 is 0. The summed E-state index contributed by atoms with van der Waals surface area (Å²) in [5.41, 5.74) is 4.39. The fraction of sp³-hybridized carbons (Fsp3) is 0.667. The highest BCUT2D eigenvalue weighted by Gasteiger charge is 2.41. The van der Waals surface area contributed by atoms with Crippen LogP contribution in [0.2, 0.25) is 0 Å². The van der Waals surface area contributed by atoms with Crippen LogP contribution in [0, 0.1) is 0 Å². The van der Waals surface area contributed by atoms with Gasteiger partial charge < -0.3 is 15.5 Å². The zero-order valence-electron chi connectivity index (χ0n) is 16.4. The molecule has 0 aromatic carbocycles. The first-order valence-electron chi connectivity index (χ1n) is 9.60. The van der Waals surface area contributed by atoms with Crippen molar-refractivity contribution in [3.8, 4) is 0 Å². The van der Waals surface area contributed by atoms with Crippen LogP contribution < -0.4 is 5.73 Å². The monoisotopic (exact) mass is 453 g/mol. The summed E-state index contributed by atoms with van der Waals surface area (Å²) in [6.45, 7) is -2.63. The van der Waals surface area contributed by atoms with Crippen molar-refractivity contribution < 1.29 is 35.9 Å². The van der Waals surface area contributed by atoms with E-state index in [1.165, 1.54) is 4.90 Å². The predicted molar refractivity (Wildman–Crippen MR) is 94.3 cm³/mol. The lowest BCUT2D eigenvalue weighted by molar-refractivity contribution is -0.148. The number of hydrogen-bond donors (Lipinski definition) is 1. The number of fused-ring (bicyclic) bond motifs is 1. The topological polar surface area (TPSA) is 92.4 Å². The highest BCUT2D eigenvalue weighted by Crippen LogP contribution is 2.34. The van der Waals surface area contributed by atoms with Crippen LogP contribution in [0.15, 0.2) is 0 Å². The summed E-state index contributed by atoms with van der Waals surface area (Å²) in [4.78, 5) is 33.6. The van der Waals surface area contributed by atoms with Crippen LogP contribution in [0.5, 0.6) is 0 Å². The highest BCUT2D eigenvalue weighted by molar-refractivity contribution is 5.78. The second-order valence-corrected chi connectivity index (χ2v) is 7.70. The fourth-order valence-electron chi connectivity index (χ4n) is 3.75. The summed E-state index contributed by atoms with van der Waals surface area (Å²) in [6.07, 6.45) is -6.10. The van der Waals surface area contributed by atoms with E-state index >= 15 is 0 Å². The van der Waals surface area contributed by atoms with Gasteiger partial charge in [0.15, 0.2) is 11.5 Å². The molecular formula is C18H21F6N5O2. The number of halogens is 6. The minimum Gasteiger partial charge on any atom is -0.336 e. The average molecular weight is 453 g/mol. The highest BCUT2D eigenvalue weighted by atomic mass is 19.4. The van der Waals surface area contributed by atoms with Crippen LogP contribution in [-0.4, -0.2) is 63.2 Å². The SMILES string of the molecule is N[C@@H](CC(=O)N1CCc2c(nc(CF)nc2C(F)(F)F)C1)CN1CC(F)(F)CCC1=O. The zero-order chi connectivity index (χ0) is 23.0. The van der Waals surface area contributed by atoms with Crippen LogP contribution in [0.25, 0.3) is 0 Å². The predicted octanol–water partition coefficient (Wildman–Crippen LogP) is 1.82. The molecule has 0 radical (unpaired) electrons. The van der Waals surface area contributed by atoms with Gasteiger partial charge in [0.25, 0.3) is 5.92 Å². The van der Waals surface area contributed by atoms with Gasteiger partial charge in [-0.1, -0.05) is 0 Å². The number of alkyl halides is 6. The minimum absolute atomic E-state index is 0.0549. The van der Waals surface area contributed by atoms with Gasteiger partial charge in [-0.15, -0.1) is 0 Å². The zero-order valence-corrected chi connectivity index (χ0v) is 16.4. The Balaban J connectivity index is 1.66. The second-order valence-electron chi connectivity index (χ2n) is 7.70. The maximum Gasteiger partial charge on any atom is 0.433 e. The molecule has 2 aliphatic rings. The summed E-state index contributed by atoms with van der Waals surface area (Å²) in [7, 11) is 0. The van der Waals surface area contributed by atoms with E-state index in [-0.39, 0.29) is 50.2 Å². The van der Waals surface area contributed by atoms with Gasteiger partial charge in [0.1, 0.15) is 6.67 Å². The Bertz CT molecular complexity index is 863. The van der Waals surface area contributed by atoms with Crippen molar-refractivity contribution in [3.63, 3.8) is 0 Å². The molecule has 3 heterocycles. The molecule has 2 N–H and O–H groups in total. The van der Waals surface area contributed by atoms with Gasteiger partial charge in [-0.25, -0.2) is 23.1 Å². The van der Waals surface area contributed by atoms with Gasteiger partial charge in [-0.3, -0.25) is 9.59 Å². The summed E-state index contributed by atoms with van der Waals surface area (Å²) in [6, 6.07) is -0.927. The van der Waals surface area contributed by atoms with E-state index in [9.17, 15) is 35.9 Å². The normalized spacial score (nSPS) is 19.9. The van der Waals surface area contributed by atoms with Crippen LogP contribution in [0.3, 0.4) is 0 Å². The Morgan fingerprint density at radius 3 is 2.58 bits per heavy atom. The lowest BCUT2D eigenvalue weighted by Gasteiger charge is -2.34. The van der Waals surface area contributed by atoms with E-state index in [1.54, 1.807) is 0 Å². The summed E-state index contributed by atoms with van der Waals surface area (Å²) < 4.78 is 79.7. The third-order valence-corrected chi connectivity index (χ3v) is 5.22. The van der Waals surface area contributed by atoms with Crippen molar-refractivity contribution >= 4 is 11.8 Å². The molecule has 3 rings (SSSR count). The van der Waals surface area contributed by atoms with Crippen molar-refractivity contribution in [1.82, 2.24) is 19.8 Å². The van der Waals surface area contributed by atoms with Crippen molar-refractivity contribution in [2.24, 2.45) is 5.73 Å². The number of hydrogen-bond acceptors (Lipinski definition) is 5. The standard InChI is InChI=1S/C18H21F6N5O2/c19-6-13-26-12-8-28(4-2-11(12)16(27-13)18(22,23)24)15(31)5-10(25)7-29-9-17(20,21)3-1-14(29)30/h10H,1-9,25H2/t10-/m0/s1. The number of rotatable bonds is 5. The largest absolute Gasteiger partial charge is 0.433 e. The van der Waals surface area contributed by atoms with Crippen molar-refractivity contribution in [2.45, 2.75) is 57.0 Å². The maximum atomic E-state index is 13.5. The number of aromatic nitrogens is 2. The van der Waals surface area contributed by atoms with Gasteiger partial charge in [-0.05, 0) is 6.42 Å². The molecule has 0 saturated carbocycles. The third kappa shape index (κ3) is 5.43. The molecule has 0 aliphatic carbocycles. The molecule has 1 fully saturated rings. The van der Waals surface area contributed by atoms with Crippen LogP contribution in [-0.2, 0) is 35.4 Å². The molecule has 0 spiro atoms. The first-order valence-corrected chi connectivity index (χ1v) is 9.60. The van der Waals surface area contributed by atoms with E-state index in [0.717, 1.165) is 4.90 Å². The molecule has 1 saturated heterocycles. The van der Waals surface area contributed by atoms with Gasteiger partial charge in [0, 0.05) is 44.0 Å². The molecule has 2 aliphatic heterocycles. The number of likely N-dealkylation sites (tertiary alicyclic amines) is 1. The lowest BCUT2D eigenvalue weighted by Crippen LogP contribution is -2.51. The Kier molecular flexibility index (Phi) is 6.44. The van der Waals surface area contributed by atoms with Gasteiger partial charge >= 0.3 is 6.18 Å². The van der Waals surface area contributed by atoms with E-state index < -0.39 is 61.1 Å². The minimum atomic E-state index is -4.78. The van der Waals surface area contributed by atoms with Gasteiger partial charge in [-0.2, -0.15) is 13.2 Å². The number of amides is 2. The van der Waals surface area contributed by atoms with Crippen LogP contribution >= 0.6 is 0 Å². The van der Waals surface area contributed by atoms with Gasteiger partial charge in [0.05, 0.1) is 18.8 Å². The summed E-state index contributed by atoms with van der Waals surface area (Å²) in [5.74, 6) is -4.64. The van der Waals surface area contributed by atoms with E-state index in [4.69, 9.17) is 5.73 Å². The molecule has 1 aromatic rings. The fourth-order valence-corrected chi connectivity index (χ4v) is 3.75. The maximum absolute atomic E-state index is 13.5. The average Bonchev–Trinajstić information content (AvgIpc) is 2.68. The Labute approximate surface area is 173 Å². The van der Waals surface area contributed by atoms with Gasteiger partial charge in [0.2, 0.25) is 11.8 Å². The van der Waals surface area contributed by atoms with Crippen molar-refractivity contribution in [2.75, 3.05) is 19.6 Å². The smallest absolute Gasteiger partial charge is 0.336 e. The third-order valence-electron chi connectivity index (χ3n) is 5.22. The molecule has 172 valence electrons. The molecule has 0 bridgehead atoms. The van der Waals surface area contributed by atoms with Crippen LogP contribution in [0.4, 0.5) is 26.3 Å². The molecule has 1 atom stereocenters. The van der Waals surface area contributed by atoms with E-state index in [0.29, 0.717) is 0 Å². The Hall–Kier alpha value is -2.44. The number of carbonyl (C=O) groups is 2. The number of nitrogens with two attached hydrogens (primary N) is 1. The first kappa shape index (κ1) is 23.2. The van der Waals surface area contributed by atoms with E-state index in [1.807, 2.05) is 0 Å². The molecule has 0 unspecified atom stereocenters. The number of nitrogens with zero attached hydrogens (tertiary/aromatic N) is 4. The van der Waals surface area contributed by atoms with Crippen molar-refractivity contribution in [3.05, 3.63) is 22.8 Å².